The molecule has 126 valence electrons. The van der Waals surface area contributed by atoms with Crippen LogP contribution in [0.4, 0.5) is 0 Å². The maximum Gasteiger partial charge on any atom is 0.200 e. The first kappa shape index (κ1) is 15.6. The predicted molar refractivity (Wildman–Crippen MR) is 91.0 cm³/mol. The number of hydrogen-bond acceptors (Lipinski definition) is 3. The summed E-state index contributed by atoms with van der Waals surface area (Å²) in [5.41, 5.74) is 1.45. The molecule has 4 fully saturated rings. The average molecular weight is 333 g/mol. The van der Waals surface area contributed by atoms with E-state index in [1.54, 1.807) is 27.0 Å². The lowest BCUT2D eigenvalue weighted by Gasteiger charge is -2.57. The Balaban J connectivity index is 1.75. The topological polar surface area (TPSA) is 47.0 Å². The van der Waals surface area contributed by atoms with Gasteiger partial charge in [-0.25, -0.2) is 13.4 Å². The minimum absolute atomic E-state index is 0.222. The molecule has 0 spiro atoms. The van der Waals surface area contributed by atoms with E-state index in [4.69, 9.17) is 0 Å². The van der Waals surface area contributed by atoms with E-state index in [2.05, 4.69) is 11.1 Å². The van der Waals surface area contributed by atoms with Crippen LogP contribution in [0.1, 0.15) is 64.9 Å². The highest BCUT2D eigenvalue weighted by molar-refractivity contribution is 7.92. The van der Waals surface area contributed by atoms with E-state index in [1.807, 2.05) is 6.07 Å². The van der Waals surface area contributed by atoms with Crippen molar-refractivity contribution in [1.82, 2.24) is 4.98 Å². The molecule has 4 heteroatoms. The molecule has 4 aliphatic carbocycles. The first-order valence-corrected chi connectivity index (χ1v) is 10.4. The Morgan fingerprint density at radius 1 is 1.04 bits per heavy atom. The lowest BCUT2D eigenvalue weighted by molar-refractivity contribution is -0.00533. The van der Waals surface area contributed by atoms with Crippen LogP contribution in [0.15, 0.2) is 23.4 Å². The summed E-state index contributed by atoms with van der Waals surface area (Å²) < 4.78 is 24.7. The summed E-state index contributed by atoms with van der Waals surface area (Å²) in [6.45, 7) is 5.25. The number of aromatic nitrogens is 1. The van der Waals surface area contributed by atoms with E-state index >= 15 is 0 Å². The molecule has 1 aromatic rings. The van der Waals surface area contributed by atoms with Crippen molar-refractivity contribution in [2.75, 3.05) is 0 Å². The minimum Gasteiger partial charge on any atom is -0.245 e. The van der Waals surface area contributed by atoms with Crippen LogP contribution in [0.3, 0.4) is 0 Å². The Kier molecular flexibility index (Phi) is 3.27. The van der Waals surface area contributed by atoms with Gasteiger partial charge in [0.1, 0.15) is 0 Å². The Bertz CT molecular complexity index is 695. The molecule has 0 radical (unpaired) electrons. The molecule has 0 saturated heterocycles. The molecule has 0 N–H and O–H groups in total. The molecule has 1 aromatic heterocycles. The summed E-state index contributed by atoms with van der Waals surface area (Å²) in [5, 5.41) is 0.262. The van der Waals surface area contributed by atoms with Gasteiger partial charge < -0.3 is 0 Å². The van der Waals surface area contributed by atoms with E-state index in [9.17, 15) is 8.42 Å². The molecule has 3 nitrogen and oxygen atoms in total. The Morgan fingerprint density at radius 3 is 2.04 bits per heavy atom. The molecule has 4 aliphatic rings. The third-order valence-electron chi connectivity index (χ3n) is 6.47. The van der Waals surface area contributed by atoms with Gasteiger partial charge in [0, 0.05) is 6.20 Å². The van der Waals surface area contributed by atoms with Crippen LogP contribution in [-0.2, 0) is 15.3 Å². The van der Waals surface area contributed by atoms with Crippen molar-refractivity contribution < 1.29 is 8.42 Å². The van der Waals surface area contributed by atoms with Gasteiger partial charge in [0.25, 0.3) is 0 Å². The van der Waals surface area contributed by atoms with E-state index in [1.165, 1.54) is 44.1 Å². The monoisotopic (exact) mass is 333 g/mol. The molecule has 4 bridgehead atoms. The summed E-state index contributed by atoms with van der Waals surface area (Å²) >= 11 is 0. The lowest BCUT2D eigenvalue weighted by Crippen LogP contribution is -2.48. The molecule has 0 amide bonds. The number of pyridine rings is 1. The fourth-order valence-corrected chi connectivity index (χ4v) is 6.77. The summed E-state index contributed by atoms with van der Waals surface area (Å²) in [7, 11) is -3.38. The first-order chi connectivity index (χ1) is 10.7. The van der Waals surface area contributed by atoms with Gasteiger partial charge in [-0.15, -0.1) is 0 Å². The third kappa shape index (κ3) is 2.36. The van der Waals surface area contributed by atoms with Crippen molar-refractivity contribution in [3.8, 4) is 0 Å². The summed E-state index contributed by atoms with van der Waals surface area (Å²) in [5.74, 6) is 2.58. The Hall–Kier alpha value is -0.900. The van der Waals surface area contributed by atoms with E-state index < -0.39 is 14.6 Å². The van der Waals surface area contributed by atoms with Crippen LogP contribution in [0.5, 0.6) is 0 Å². The maximum absolute atomic E-state index is 12.8. The quantitative estimate of drug-likeness (QED) is 0.818. The Morgan fingerprint density at radius 2 is 1.57 bits per heavy atom. The molecular weight excluding hydrogens is 306 g/mol. The molecule has 0 aromatic carbocycles. The molecule has 4 saturated carbocycles. The average Bonchev–Trinajstić information content (AvgIpc) is 2.45. The molecule has 0 unspecified atom stereocenters. The van der Waals surface area contributed by atoms with Gasteiger partial charge in [-0.2, -0.15) is 0 Å². The summed E-state index contributed by atoms with van der Waals surface area (Å²) in [6.07, 6.45) is 9.66. The van der Waals surface area contributed by atoms with Crippen LogP contribution in [0.25, 0.3) is 0 Å². The van der Waals surface area contributed by atoms with Gasteiger partial charge in [-0.05, 0) is 100 Å². The molecule has 5 rings (SSSR count). The summed E-state index contributed by atoms with van der Waals surface area (Å²) in [4.78, 5) is 4.22. The summed E-state index contributed by atoms with van der Waals surface area (Å²) in [6, 6.07) is 3.97. The van der Waals surface area contributed by atoms with E-state index in [0.717, 1.165) is 17.8 Å². The van der Waals surface area contributed by atoms with Crippen molar-refractivity contribution in [3.63, 3.8) is 0 Å². The standard InChI is InChI=1S/C19H27NO2S/c1-18(2,3)23(21,22)17-9-16(4-5-20-17)19-10-13-6-14(11-19)8-15(7-13)12-19/h4-5,9,13-15H,6-8,10-12H2,1-3H3. The van der Waals surface area contributed by atoms with Crippen LogP contribution in [0.2, 0.25) is 0 Å². The van der Waals surface area contributed by atoms with Crippen LogP contribution in [-0.4, -0.2) is 18.1 Å². The van der Waals surface area contributed by atoms with Crippen molar-refractivity contribution in [2.24, 2.45) is 17.8 Å². The normalized spacial score (nSPS) is 36.4. The highest BCUT2D eigenvalue weighted by Gasteiger charge is 2.51. The number of nitrogens with zero attached hydrogens (tertiary/aromatic N) is 1. The van der Waals surface area contributed by atoms with Crippen LogP contribution < -0.4 is 0 Å². The fraction of sp³-hybridized carbons (Fsp3) is 0.737. The molecular formula is C19H27NO2S. The third-order valence-corrected chi connectivity index (χ3v) is 8.85. The van der Waals surface area contributed by atoms with Crippen molar-refractivity contribution in [2.45, 2.75) is 74.5 Å². The van der Waals surface area contributed by atoms with Crippen molar-refractivity contribution in [3.05, 3.63) is 23.9 Å². The largest absolute Gasteiger partial charge is 0.245 e. The second-order valence-electron chi connectivity index (χ2n) is 9.20. The number of hydrogen-bond donors (Lipinski definition) is 0. The number of sulfone groups is 1. The van der Waals surface area contributed by atoms with E-state index in [-0.39, 0.29) is 10.4 Å². The zero-order chi connectivity index (χ0) is 16.5. The predicted octanol–water partition coefficient (Wildman–Crippen LogP) is 4.12. The highest BCUT2D eigenvalue weighted by atomic mass is 32.2. The molecule has 23 heavy (non-hydrogen) atoms. The SMILES string of the molecule is CC(C)(C)S(=O)(=O)c1cc(C23CC4CC(CC(C4)C2)C3)ccn1. The van der Waals surface area contributed by atoms with Crippen molar-refractivity contribution in [1.29, 1.82) is 0 Å². The van der Waals surface area contributed by atoms with Crippen LogP contribution in [0, 0.1) is 17.8 Å². The molecule has 0 atom stereocenters. The second-order valence-corrected chi connectivity index (χ2v) is 11.8. The van der Waals surface area contributed by atoms with Gasteiger partial charge >= 0.3 is 0 Å². The zero-order valence-corrected chi connectivity index (χ0v) is 15.2. The zero-order valence-electron chi connectivity index (χ0n) is 14.4. The number of rotatable bonds is 2. The van der Waals surface area contributed by atoms with Gasteiger partial charge in [-0.1, -0.05) is 0 Å². The van der Waals surface area contributed by atoms with Gasteiger partial charge in [0.15, 0.2) is 14.9 Å². The molecule has 0 aliphatic heterocycles. The smallest absolute Gasteiger partial charge is 0.200 e. The maximum atomic E-state index is 12.8. The second kappa shape index (κ2) is 4.81. The highest BCUT2D eigenvalue weighted by Crippen LogP contribution is 2.60. The lowest BCUT2D eigenvalue weighted by atomic mass is 9.48. The van der Waals surface area contributed by atoms with E-state index in [0.29, 0.717) is 0 Å². The van der Waals surface area contributed by atoms with Gasteiger partial charge in [0.2, 0.25) is 0 Å². The minimum atomic E-state index is -3.38. The van der Waals surface area contributed by atoms with Crippen LogP contribution >= 0.6 is 0 Å². The molecule has 1 heterocycles. The fourth-order valence-electron chi connectivity index (χ4n) is 5.66. The van der Waals surface area contributed by atoms with Gasteiger partial charge in [-0.3, -0.25) is 0 Å². The van der Waals surface area contributed by atoms with Gasteiger partial charge in [0.05, 0.1) is 4.75 Å². The first-order valence-electron chi connectivity index (χ1n) is 8.91. The Labute approximate surface area is 139 Å². The van der Waals surface area contributed by atoms with Crippen molar-refractivity contribution >= 4 is 9.84 Å².